The van der Waals surface area contributed by atoms with Crippen LogP contribution in [0.5, 0.6) is 11.5 Å². The number of benzene rings is 2. The van der Waals surface area contributed by atoms with Crippen molar-refractivity contribution in [2.75, 3.05) is 13.2 Å². The third-order valence-electron chi connectivity index (χ3n) is 7.69. The first kappa shape index (κ1) is 24.1. The maximum absolute atomic E-state index is 15.0. The molecule has 0 amide bonds. The van der Waals surface area contributed by atoms with Crippen LogP contribution in [-0.4, -0.2) is 37.5 Å². The predicted octanol–water partition coefficient (Wildman–Crippen LogP) is 4.62. The summed E-state index contributed by atoms with van der Waals surface area (Å²) in [6, 6.07) is 8.86. The number of ether oxygens (including phenoxy) is 3. The summed E-state index contributed by atoms with van der Waals surface area (Å²) < 4.78 is 44.7. The fourth-order valence-corrected chi connectivity index (χ4v) is 5.09. The van der Waals surface area contributed by atoms with Gasteiger partial charge in [0.1, 0.15) is 23.4 Å². The molecule has 0 N–H and O–H groups in total. The second-order valence-electron chi connectivity index (χ2n) is 10.5. The van der Waals surface area contributed by atoms with Gasteiger partial charge in [-0.2, -0.15) is 0 Å². The monoisotopic (exact) mass is 482 g/mol. The van der Waals surface area contributed by atoms with Gasteiger partial charge >= 0.3 is 13.1 Å². The third kappa shape index (κ3) is 4.31. The molecule has 3 aliphatic rings. The lowest BCUT2D eigenvalue weighted by atomic mass is 9.75. The van der Waals surface area contributed by atoms with Crippen LogP contribution in [0.3, 0.4) is 0 Å². The Morgan fingerprint density at radius 1 is 1.14 bits per heavy atom. The smallest absolute Gasteiger partial charge is 0.492 e. The predicted molar refractivity (Wildman–Crippen MR) is 130 cm³/mol. The average Bonchev–Trinajstić information content (AvgIpc) is 3.43. The standard InChI is InChI=1S/C27H32BFO6/c1-6-31-24(30)13-16-15-32-23-14-17(7-8-18(16)23)33-22-12-9-19-20(10-11-21(29)25(19)22)28-34-26(2,3)27(4,5)35-28/h7-8,10-11,14,16,22H,6,9,12-13,15H2,1-5H3/t16-,22-/m1/s1. The molecule has 2 aromatic rings. The number of halogens is 1. The van der Waals surface area contributed by atoms with E-state index in [1.165, 1.54) is 6.07 Å². The van der Waals surface area contributed by atoms with E-state index in [2.05, 4.69) is 0 Å². The van der Waals surface area contributed by atoms with Gasteiger partial charge in [-0.1, -0.05) is 12.1 Å². The summed E-state index contributed by atoms with van der Waals surface area (Å²) in [4.78, 5) is 11.9. The summed E-state index contributed by atoms with van der Waals surface area (Å²) >= 11 is 0. The molecule has 2 heterocycles. The molecule has 1 aliphatic carbocycles. The SMILES string of the molecule is CCOC(=O)C[C@@H]1COc2cc(O[C@@H]3CCc4c(B5OC(C)(C)C(C)(C)O5)ccc(F)c43)ccc21. The Bertz CT molecular complexity index is 1130. The van der Waals surface area contributed by atoms with Crippen LogP contribution in [-0.2, 0) is 25.3 Å². The average molecular weight is 482 g/mol. The highest BCUT2D eigenvalue weighted by molar-refractivity contribution is 6.62. The van der Waals surface area contributed by atoms with E-state index in [1.807, 2.05) is 45.9 Å². The van der Waals surface area contributed by atoms with Crippen LogP contribution < -0.4 is 14.9 Å². The molecule has 0 spiro atoms. The topological polar surface area (TPSA) is 63.2 Å². The highest BCUT2D eigenvalue weighted by Crippen LogP contribution is 2.42. The Labute approximate surface area is 206 Å². The molecule has 0 unspecified atom stereocenters. The van der Waals surface area contributed by atoms with Gasteiger partial charge in [-0.15, -0.1) is 0 Å². The van der Waals surface area contributed by atoms with E-state index in [4.69, 9.17) is 23.5 Å². The van der Waals surface area contributed by atoms with E-state index in [-0.39, 0.29) is 24.1 Å². The third-order valence-corrected chi connectivity index (χ3v) is 7.69. The molecule has 2 aromatic carbocycles. The molecular weight excluding hydrogens is 450 g/mol. The van der Waals surface area contributed by atoms with Gasteiger partial charge in [-0.25, -0.2) is 4.39 Å². The van der Waals surface area contributed by atoms with Gasteiger partial charge in [0.25, 0.3) is 0 Å². The number of hydrogen-bond acceptors (Lipinski definition) is 6. The number of carbonyl (C=O) groups excluding carboxylic acids is 1. The molecule has 186 valence electrons. The van der Waals surface area contributed by atoms with E-state index in [9.17, 15) is 4.79 Å². The molecule has 0 saturated carbocycles. The van der Waals surface area contributed by atoms with Crippen molar-refractivity contribution in [3.8, 4) is 11.5 Å². The van der Waals surface area contributed by atoms with Crippen molar-refractivity contribution in [2.45, 2.75) is 77.1 Å². The van der Waals surface area contributed by atoms with E-state index >= 15 is 4.39 Å². The Balaban J connectivity index is 1.35. The van der Waals surface area contributed by atoms with Crippen LogP contribution in [0.4, 0.5) is 4.39 Å². The highest BCUT2D eigenvalue weighted by atomic mass is 19.1. The normalized spacial score (nSPS) is 23.5. The van der Waals surface area contributed by atoms with Crippen molar-refractivity contribution >= 4 is 18.6 Å². The minimum atomic E-state index is -0.544. The molecule has 8 heteroatoms. The summed E-state index contributed by atoms with van der Waals surface area (Å²) in [5, 5.41) is 0. The molecule has 5 rings (SSSR count). The van der Waals surface area contributed by atoms with Gasteiger partial charge in [-0.3, -0.25) is 4.79 Å². The summed E-state index contributed by atoms with van der Waals surface area (Å²) in [5.74, 6) is 0.755. The minimum Gasteiger partial charge on any atom is -0.492 e. The second kappa shape index (κ2) is 8.82. The molecule has 0 aromatic heterocycles. The molecule has 0 bridgehead atoms. The van der Waals surface area contributed by atoms with Crippen LogP contribution in [0.25, 0.3) is 0 Å². The van der Waals surface area contributed by atoms with Gasteiger partial charge in [0.15, 0.2) is 0 Å². The van der Waals surface area contributed by atoms with Crippen molar-refractivity contribution in [1.82, 2.24) is 0 Å². The quantitative estimate of drug-likeness (QED) is 0.443. The van der Waals surface area contributed by atoms with Crippen LogP contribution in [0, 0.1) is 5.82 Å². The maximum Gasteiger partial charge on any atom is 0.495 e. The van der Waals surface area contributed by atoms with Crippen molar-refractivity contribution in [3.05, 3.63) is 52.8 Å². The van der Waals surface area contributed by atoms with Gasteiger partial charge in [0.05, 0.1) is 30.8 Å². The zero-order valence-corrected chi connectivity index (χ0v) is 21.0. The van der Waals surface area contributed by atoms with Gasteiger partial charge in [0, 0.05) is 23.1 Å². The second-order valence-corrected chi connectivity index (χ2v) is 10.5. The van der Waals surface area contributed by atoms with E-state index in [1.54, 1.807) is 13.0 Å². The summed E-state index contributed by atoms with van der Waals surface area (Å²) in [5.41, 5.74) is 2.36. The van der Waals surface area contributed by atoms with Crippen molar-refractivity contribution in [3.63, 3.8) is 0 Å². The molecule has 1 saturated heterocycles. The van der Waals surface area contributed by atoms with Crippen molar-refractivity contribution in [1.29, 1.82) is 0 Å². The lowest BCUT2D eigenvalue weighted by molar-refractivity contribution is -0.143. The Morgan fingerprint density at radius 3 is 2.60 bits per heavy atom. The Hall–Kier alpha value is -2.58. The zero-order valence-electron chi connectivity index (χ0n) is 21.0. The van der Waals surface area contributed by atoms with Gasteiger partial charge < -0.3 is 23.5 Å². The summed E-state index contributed by atoms with van der Waals surface area (Å²) in [6.45, 7) is 10.6. The van der Waals surface area contributed by atoms with Crippen LogP contribution in [0.2, 0.25) is 0 Å². The summed E-state index contributed by atoms with van der Waals surface area (Å²) in [6.07, 6.45) is 1.21. The molecule has 6 nitrogen and oxygen atoms in total. The summed E-state index contributed by atoms with van der Waals surface area (Å²) in [7, 11) is -0.544. The first-order valence-corrected chi connectivity index (χ1v) is 12.4. The Kier molecular flexibility index (Phi) is 6.08. The van der Waals surface area contributed by atoms with E-state index in [0.29, 0.717) is 43.1 Å². The molecule has 2 aliphatic heterocycles. The van der Waals surface area contributed by atoms with Crippen LogP contribution >= 0.6 is 0 Å². The number of rotatable bonds is 6. The van der Waals surface area contributed by atoms with Crippen LogP contribution in [0.1, 0.15) is 76.2 Å². The first-order valence-electron chi connectivity index (χ1n) is 12.4. The van der Waals surface area contributed by atoms with E-state index in [0.717, 1.165) is 16.6 Å². The number of esters is 1. The minimum absolute atomic E-state index is 0.0368. The fourth-order valence-electron chi connectivity index (χ4n) is 5.09. The number of fused-ring (bicyclic) bond motifs is 2. The van der Waals surface area contributed by atoms with Crippen molar-refractivity contribution < 1.29 is 32.7 Å². The maximum atomic E-state index is 15.0. The molecule has 2 atom stereocenters. The lowest BCUT2D eigenvalue weighted by Gasteiger charge is -2.32. The van der Waals surface area contributed by atoms with Crippen molar-refractivity contribution in [2.24, 2.45) is 0 Å². The molecule has 35 heavy (non-hydrogen) atoms. The van der Waals surface area contributed by atoms with E-state index < -0.39 is 24.4 Å². The molecular formula is C27H32BFO6. The van der Waals surface area contributed by atoms with Gasteiger partial charge in [0.2, 0.25) is 0 Å². The zero-order chi connectivity index (χ0) is 25.0. The Morgan fingerprint density at radius 2 is 1.89 bits per heavy atom. The molecule has 0 radical (unpaired) electrons. The fraction of sp³-hybridized carbons (Fsp3) is 0.519. The molecule has 1 fully saturated rings. The highest BCUT2D eigenvalue weighted by Gasteiger charge is 2.52. The lowest BCUT2D eigenvalue weighted by Crippen LogP contribution is -2.41. The first-order chi connectivity index (χ1) is 16.6. The number of hydrogen-bond donors (Lipinski definition) is 0. The largest absolute Gasteiger partial charge is 0.495 e. The number of carbonyl (C=O) groups is 1. The van der Waals surface area contributed by atoms with Gasteiger partial charge in [-0.05, 0) is 70.6 Å². The van der Waals surface area contributed by atoms with Crippen LogP contribution in [0.15, 0.2) is 30.3 Å².